The normalized spacial score (nSPS) is 18.8. The lowest BCUT2D eigenvalue weighted by atomic mass is 10.0. The number of nitrogens with zero attached hydrogens (tertiary/aromatic N) is 2. The summed E-state index contributed by atoms with van der Waals surface area (Å²) in [5, 5.41) is 0.542. The van der Waals surface area contributed by atoms with Gasteiger partial charge in [-0.3, -0.25) is 4.79 Å². The van der Waals surface area contributed by atoms with E-state index in [0.29, 0.717) is 6.61 Å². The minimum atomic E-state index is -0.310. The molecule has 0 spiro atoms. The first-order valence-corrected chi connectivity index (χ1v) is 9.18. The van der Waals surface area contributed by atoms with Crippen molar-refractivity contribution in [1.29, 1.82) is 0 Å². The molecule has 0 fully saturated rings. The van der Waals surface area contributed by atoms with Crippen molar-refractivity contribution in [2.24, 2.45) is 0 Å². The Morgan fingerprint density at radius 1 is 1.12 bits per heavy atom. The van der Waals surface area contributed by atoms with Gasteiger partial charge in [-0.2, -0.15) is 0 Å². The Balaban J connectivity index is 1.75. The highest BCUT2D eigenvalue weighted by atomic mass is 32.2. The lowest BCUT2D eigenvalue weighted by Crippen LogP contribution is -2.27. The number of benzene rings is 2. The third-order valence-electron chi connectivity index (χ3n) is 4.25. The average molecular weight is 350 g/mol. The van der Waals surface area contributed by atoms with E-state index in [1.807, 2.05) is 61.7 Å². The highest BCUT2D eigenvalue weighted by molar-refractivity contribution is 8.00. The fourth-order valence-corrected chi connectivity index (χ4v) is 4.37. The molecule has 0 saturated carbocycles. The molecule has 0 aliphatic carbocycles. The molecule has 4 nitrogen and oxygen atoms in total. The van der Waals surface area contributed by atoms with Crippen molar-refractivity contribution in [3.8, 4) is 11.3 Å². The first-order chi connectivity index (χ1) is 12.3. The number of carbonyl (C=O) groups is 1. The lowest BCUT2D eigenvalue weighted by molar-refractivity contribution is -0.142. The van der Waals surface area contributed by atoms with Crippen LogP contribution in [0, 0.1) is 0 Å². The van der Waals surface area contributed by atoms with Crippen LogP contribution in [0.5, 0.6) is 0 Å². The van der Waals surface area contributed by atoms with Gasteiger partial charge in [0.2, 0.25) is 0 Å². The van der Waals surface area contributed by atoms with E-state index in [1.165, 1.54) is 11.8 Å². The number of aromatic nitrogens is 2. The van der Waals surface area contributed by atoms with Crippen molar-refractivity contribution < 1.29 is 9.53 Å². The van der Waals surface area contributed by atoms with Crippen molar-refractivity contribution in [3.63, 3.8) is 0 Å². The second-order valence-corrected chi connectivity index (χ2v) is 6.94. The van der Waals surface area contributed by atoms with Gasteiger partial charge >= 0.3 is 5.97 Å². The van der Waals surface area contributed by atoms with Crippen LogP contribution in [0.3, 0.4) is 0 Å². The molecule has 126 valence electrons. The third kappa shape index (κ3) is 2.96. The Kier molecular flexibility index (Phi) is 4.32. The van der Waals surface area contributed by atoms with E-state index in [2.05, 4.69) is 16.7 Å². The molecule has 2 atom stereocenters. The summed E-state index contributed by atoms with van der Waals surface area (Å²) in [6, 6.07) is 20.1. The molecule has 2 heterocycles. The summed E-state index contributed by atoms with van der Waals surface area (Å²) in [5.74, 6) is -0.187. The fraction of sp³-hybridized carbons (Fsp3) is 0.200. The first-order valence-electron chi connectivity index (χ1n) is 8.30. The molecular weight excluding hydrogens is 332 g/mol. The highest BCUT2D eigenvalue weighted by Crippen LogP contribution is 2.44. The molecule has 25 heavy (non-hydrogen) atoms. The van der Waals surface area contributed by atoms with Gasteiger partial charge in [-0.05, 0) is 12.5 Å². The molecule has 4 rings (SSSR count). The van der Waals surface area contributed by atoms with Gasteiger partial charge in [0.05, 0.1) is 18.3 Å². The number of ether oxygens (including phenoxy) is 1. The average Bonchev–Trinajstić information content (AvgIpc) is 3.21. The Hall–Kier alpha value is -2.53. The molecule has 2 unspecified atom stereocenters. The minimum Gasteiger partial charge on any atom is -0.465 e. The molecule has 1 aromatic heterocycles. The maximum Gasteiger partial charge on any atom is 0.322 e. The number of fused-ring (bicyclic) bond motifs is 1. The van der Waals surface area contributed by atoms with Crippen LogP contribution in [0.4, 0.5) is 0 Å². The largest absolute Gasteiger partial charge is 0.465 e. The van der Waals surface area contributed by atoms with Crippen molar-refractivity contribution in [2.45, 2.75) is 23.4 Å². The SMILES string of the molecule is CCOC(=O)C1Sc2nc(-c3ccccc3)cn2C1c1ccccc1. The van der Waals surface area contributed by atoms with Crippen LogP contribution in [-0.4, -0.2) is 27.4 Å². The van der Waals surface area contributed by atoms with Crippen LogP contribution in [0.1, 0.15) is 18.5 Å². The van der Waals surface area contributed by atoms with Crippen LogP contribution in [0.15, 0.2) is 72.0 Å². The number of rotatable bonds is 4. The monoisotopic (exact) mass is 350 g/mol. The maximum absolute atomic E-state index is 12.5. The summed E-state index contributed by atoms with van der Waals surface area (Å²) in [6.45, 7) is 2.22. The minimum absolute atomic E-state index is 0.106. The van der Waals surface area contributed by atoms with Gasteiger partial charge in [0.1, 0.15) is 5.25 Å². The zero-order chi connectivity index (χ0) is 17.2. The van der Waals surface area contributed by atoms with Crippen LogP contribution < -0.4 is 0 Å². The number of hydrogen-bond acceptors (Lipinski definition) is 4. The van der Waals surface area contributed by atoms with Crippen LogP contribution in [0.2, 0.25) is 0 Å². The molecule has 1 aliphatic heterocycles. The van der Waals surface area contributed by atoms with Gasteiger partial charge in [-0.15, -0.1) is 0 Å². The van der Waals surface area contributed by atoms with Gasteiger partial charge in [0.15, 0.2) is 5.16 Å². The van der Waals surface area contributed by atoms with Gasteiger partial charge in [-0.25, -0.2) is 4.98 Å². The number of thioether (sulfide) groups is 1. The molecular formula is C20H18N2O2S. The van der Waals surface area contributed by atoms with E-state index in [1.54, 1.807) is 0 Å². The van der Waals surface area contributed by atoms with Crippen LogP contribution in [0.25, 0.3) is 11.3 Å². The van der Waals surface area contributed by atoms with Gasteiger partial charge in [0, 0.05) is 11.8 Å². The number of hydrogen-bond donors (Lipinski definition) is 0. The summed E-state index contributed by atoms with van der Waals surface area (Å²) in [6.07, 6.45) is 2.04. The number of carbonyl (C=O) groups excluding carboxylic acids is 1. The van der Waals surface area contributed by atoms with Crippen LogP contribution >= 0.6 is 11.8 Å². The topological polar surface area (TPSA) is 44.1 Å². The van der Waals surface area contributed by atoms with E-state index in [9.17, 15) is 4.79 Å². The summed E-state index contributed by atoms with van der Waals surface area (Å²) in [5.41, 5.74) is 3.08. The zero-order valence-electron chi connectivity index (χ0n) is 13.8. The van der Waals surface area contributed by atoms with Gasteiger partial charge in [-0.1, -0.05) is 72.4 Å². The van der Waals surface area contributed by atoms with Crippen molar-refractivity contribution in [1.82, 2.24) is 9.55 Å². The molecule has 0 bridgehead atoms. The molecule has 1 aliphatic rings. The quantitative estimate of drug-likeness (QED) is 0.662. The maximum atomic E-state index is 12.5. The van der Waals surface area contributed by atoms with Crippen molar-refractivity contribution in [2.75, 3.05) is 6.61 Å². The molecule has 0 amide bonds. The summed E-state index contributed by atoms with van der Waals surface area (Å²) < 4.78 is 7.39. The number of imidazole rings is 1. The Labute approximate surface area is 150 Å². The van der Waals surface area contributed by atoms with E-state index < -0.39 is 0 Å². The van der Waals surface area contributed by atoms with E-state index >= 15 is 0 Å². The molecule has 5 heteroatoms. The standard InChI is InChI=1S/C20H18N2O2S/c1-2-24-19(23)18-17(15-11-7-4-8-12-15)22-13-16(21-20(22)25-18)14-9-5-3-6-10-14/h3-13,17-18H,2H2,1H3. The predicted octanol–water partition coefficient (Wildman–Crippen LogP) is 4.18. The summed E-state index contributed by atoms with van der Waals surface area (Å²) >= 11 is 1.48. The van der Waals surface area contributed by atoms with Crippen molar-refractivity contribution >= 4 is 17.7 Å². The number of esters is 1. The Morgan fingerprint density at radius 3 is 2.48 bits per heavy atom. The van der Waals surface area contributed by atoms with Gasteiger partial charge < -0.3 is 9.30 Å². The molecule has 0 saturated heterocycles. The summed E-state index contributed by atoms with van der Waals surface area (Å²) in [7, 11) is 0. The van der Waals surface area contributed by atoms with Crippen LogP contribution in [-0.2, 0) is 9.53 Å². The Morgan fingerprint density at radius 2 is 1.80 bits per heavy atom. The third-order valence-corrected chi connectivity index (χ3v) is 5.46. The zero-order valence-corrected chi connectivity index (χ0v) is 14.6. The Bertz CT molecular complexity index is 877. The second kappa shape index (κ2) is 6.76. The lowest BCUT2D eigenvalue weighted by Gasteiger charge is -2.19. The first kappa shape index (κ1) is 16.0. The van der Waals surface area contributed by atoms with Gasteiger partial charge in [0.25, 0.3) is 0 Å². The smallest absolute Gasteiger partial charge is 0.322 e. The molecule has 2 aromatic carbocycles. The second-order valence-electron chi connectivity index (χ2n) is 5.83. The van der Waals surface area contributed by atoms with E-state index in [4.69, 9.17) is 9.72 Å². The predicted molar refractivity (Wildman–Crippen MR) is 98.5 cm³/mol. The highest BCUT2D eigenvalue weighted by Gasteiger charge is 2.41. The van der Waals surface area contributed by atoms with E-state index in [-0.39, 0.29) is 17.3 Å². The summed E-state index contributed by atoms with van der Waals surface area (Å²) in [4.78, 5) is 17.2. The fourth-order valence-electron chi connectivity index (χ4n) is 3.12. The molecule has 0 radical (unpaired) electrons. The van der Waals surface area contributed by atoms with Crippen molar-refractivity contribution in [3.05, 3.63) is 72.4 Å². The molecule has 0 N–H and O–H groups in total. The van der Waals surface area contributed by atoms with E-state index in [0.717, 1.165) is 22.0 Å². The molecule has 3 aromatic rings.